The summed E-state index contributed by atoms with van der Waals surface area (Å²) < 4.78 is 49.3. The van der Waals surface area contributed by atoms with E-state index in [1.165, 1.54) is 12.1 Å². The lowest BCUT2D eigenvalue weighted by Gasteiger charge is -2.44. The first kappa shape index (κ1) is 24.3. The summed E-state index contributed by atoms with van der Waals surface area (Å²) in [6.07, 6.45) is -3.67. The topological polar surface area (TPSA) is 75.0 Å². The summed E-state index contributed by atoms with van der Waals surface area (Å²) in [7, 11) is 0. The van der Waals surface area contributed by atoms with Gasteiger partial charge in [-0.15, -0.1) is 0 Å². The fraction of sp³-hybridized carbons (Fsp3) is 0.296. The van der Waals surface area contributed by atoms with Gasteiger partial charge >= 0.3 is 6.18 Å². The van der Waals surface area contributed by atoms with Crippen LogP contribution in [0.5, 0.6) is 5.88 Å². The number of piperidine rings is 1. The highest BCUT2D eigenvalue weighted by atomic mass is 19.4. The first-order valence-electron chi connectivity index (χ1n) is 11.2. The Morgan fingerprint density at radius 1 is 1.09 bits per heavy atom. The smallest absolute Gasteiger partial charge is 0.415 e. The van der Waals surface area contributed by atoms with Crippen molar-refractivity contribution in [1.29, 1.82) is 5.26 Å². The summed E-state index contributed by atoms with van der Waals surface area (Å²) in [5.41, 5.74) is 0.147. The first-order valence-corrected chi connectivity index (χ1v) is 11.2. The Kier molecular flexibility index (Phi) is 6.53. The molecule has 0 saturated carbocycles. The molecule has 1 aromatic heterocycles. The predicted molar refractivity (Wildman–Crippen MR) is 124 cm³/mol. The Balaban J connectivity index is 1.73. The molecule has 0 radical (unpaired) electrons. The zero-order valence-electron chi connectivity index (χ0n) is 19.3. The van der Waals surface area contributed by atoms with Crippen LogP contribution in [-0.2, 0) is 10.3 Å². The van der Waals surface area contributed by atoms with Gasteiger partial charge in [0.25, 0.3) is 0 Å². The van der Waals surface area contributed by atoms with E-state index in [0.717, 1.165) is 11.1 Å². The molecule has 4 rings (SSSR count). The Morgan fingerprint density at radius 2 is 1.74 bits per heavy atom. The van der Waals surface area contributed by atoms with Gasteiger partial charge < -0.3 is 10.1 Å². The van der Waals surface area contributed by atoms with E-state index in [1.54, 1.807) is 54.7 Å². The molecule has 3 aromatic rings. The van der Waals surface area contributed by atoms with Crippen LogP contribution in [0.1, 0.15) is 36.0 Å². The third kappa shape index (κ3) is 4.59. The lowest BCUT2D eigenvalue weighted by molar-refractivity contribution is -0.212. The standard InChI is InChI=1S/C27H24F3N3O2/c1-3-35-24-13-10-20(16-32-24)18-8-11-21(12-9-18)26(27(28,29)30)14-22(23(15-31)25(34)33-26)19-6-4-17(2)5-7-19/h4-13,16,22-23H,3,14H2,1-2H3,(H,33,34). The molecular formula is C27H24F3N3O2. The van der Waals surface area contributed by atoms with Crippen LogP contribution in [0.3, 0.4) is 0 Å². The Morgan fingerprint density at radius 3 is 2.29 bits per heavy atom. The molecule has 1 fully saturated rings. The molecule has 2 heterocycles. The fourth-order valence-corrected chi connectivity index (χ4v) is 4.51. The normalized spacial score (nSPS) is 22.2. The molecule has 1 aliphatic rings. The molecular weight excluding hydrogens is 455 g/mol. The van der Waals surface area contributed by atoms with Crippen LogP contribution < -0.4 is 10.1 Å². The average molecular weight is 480 g/mol. The number of carbonyl (C=O) groups is 1. The van der Waals surface area contributed by atoms with E-state index < -0.39 is 35.9 Å². The number of nitriles is 1. The number of aryl methyl sites for hydroxylation is 1. The molecule has 5 nitrogen and oxygen atoms in total. The van der Waals surface area contributed by atoms with E-state index in [9.17, 15) is 23.2 Å². The number of nitrogens with one attached hydrogen (secondary N) is 1. The lowest BCUT2D eigenvalue weighted by Crippen LogP contribution is -2.62. The van der Waals surface area contributed by atoms with E-state index in [4.69, 9.17) is 4.74 Å². The van der Waals surface area contributed by atoms with Gasteiger partial charge in [0.1, 0.15) is 5.92 Å². The van der Waals surface area contributed by atoms with Crippen molar-refractivity contribution >= 4 is 5.91 Å². The van der Waals surface area contributed by atoms with Crippen molar-refractivity contribution in [2.45, 2.75) is 37.9 Å². The second-order valence-electron chi connectivity index (χ2n) is 8.62. The van der Waals surface area contributed by atoms with Gasteiger partial charge in [0.15, 0.2) is 5.54 Å². The van der Waals surface area contributed by atoms with Crippen molar-refractivity contribution in [3.8, 4) is 23.1 Å². The van der Waals surface area contributed by atoms with Gasteiger partial charge in [0.2, 0.25) is 11.8 Å². The van der Waals surface area contributed by atoms with Crippen LogP contribution in [0.2, 0.25) is 0 Å². The van der Waals surface area contributed by atoms with Gasteiger partial charge in [-0.05, 0) is 43.0 Å². The molecule has 1 aliphatic heterocycles. The minimum Gasteiger partial charge on any atom is -0.478 e. The number of carbonyl (C=O) groups excluding carboxylic acids is 1. The average Bonchev–Trinajstić information content (AvgIpc) is 2.84. The monoisotopic (exact) mass is 479 g/mol. The molecule has 0 spiro atoms. The number of ether oxygens (including phenoxy) is 1. The van der Waals surface area contributed by atoms with Crippen LogP contribution in [0.25, 0.3) is 11.1 Å². The summed E-state index contributed by atoms with van der Waals surface area (Å²) in [4.78, 5) is 17.0. The summed E-state index contributed by atoms with van der Waals surface area (Å²) in [5.74, 6) is -2.60. The van der Waals surface area contributed by atoms with Crippen LogP contribution in [0.4, 0.5) is 13.2 Å². The molecule has 3 atom stereocenters. The van der Waals surface area contributed by atoms with E-state index in [-0.39, 0.29) is 5.56 Å². The molecule has 0 bridgehead atoms. The molecule has 1 saturated heterocycles. The van der Waals surface area contributed by atoms with Gasteiger partial charge in [-0.2, -0.15) is 18.4 Å². The van der Waals surface area contributed by atoms with Crippen LogP contribution >= 0.6 is 0 Å². The minimum atomic E-state index is -4.78. The van der Waals surface area contributed by atoms with Crippen molar-refractivity contribution in [2.24, 2.45) is 5.92 Å². The number of benzene rings is 2. The van der Waals surface area contributed by atoms with Gasteiger partial charge in [0.05, 0.1) is 12.7 Å². The maximum Gasteiger partial charge on any atom is 0.415 e. The van der Waals surface area contributed by atoms with Gasteiger partial charge in [-0.1, -0.05) is 54.1 Å². The lowest BCUT2D eigenvalue weighted by atomic mass is 9.70. The zero-order valence-corrected chi connectivity index (χ0v) is 19.3. The highest BCUT2D eigenvalue weighted by molar-refractivity contribution is 5.84. The molecule has 35 heavy (non-hydrogen) atoms. The number of amides is 1. The van der Waals surface area contributed by atoms with E-state index >= 15 is 0 Å². The Bertz CT molecular complexity index is 1230. The maximum absolute atomic E-state index is 14.7. The fourth-order valence-electron chi connectivity index (χ4n) is 4.51. The number of halogens is 3. The minimum absolute atomic E-state index is 0.0884. The second kappa shape index (κ2) is 9.41. The van der Waals surface area contributed by atoms with Gasteiger partial charge in [-0.3, -0.25) is 4.79 Å². The number of aromatic nitrogens is 1. The van der Waals surface area contributed by atoms with Crippen LogP contribution in [0.15, 0.2) is 66.9 Å². The first-order chi connectivity index (χ1) is 16.7. The molecule has 180 valence electrons. The van der Waals surface area contributed by atoms with Crippen molar-refractivity contribution < 1.29 is 22.7 Å². The third-order valence-electron chi connectivity index (χ3n) is 6.42. The summed E-state index contributed by atoms with van der Waals surface area (Å²) in [6, 6.07) is 18.2. The molecule has 0 aliphatic carbocycles. The summed E-state index contributed by atoms with van der Waals surface area (Å²) >= 11 is 0. The van der Waals surface area contributed by atoms with Crippen molar-refractivity contribution in [3.63, 3.8) is 0 Å². The van der Waals surface area contributed by atoms with E-state index in [2.05, 4.69) is 10.3 Å². The van der Waals surface area contributed by atoms with E-state index in [0.29, 0.717) is 23.6 Å². The quantitative estimate of drug-likeness (QED) is 0.513. The Hall–Kier alpha value is -3.86. The number of pyridine rings is 1. The highest BCUT2D eigenvalue weighted by Gasteiger charge is 2.61. The number of hydrogen-bond donors (Lipinski definition) is 1. The summed E-state index contributed by atoms with van der Waals surface area (Å²) in [6.45, 7) is 4.18. The molecule has 1 amide bonds. The summed E-state index contributed by atoms with van der Waals surface area (Å²) in [5, 5.41) is 11.8. The Labute approximate surface area is 201 Å². The van der Waals surface area contributed by atoms with Crippen LogP contribution in [0, 0.1) is 24.2 Å². The largest absolute Gasteiger partial charge is 0.478 e. The van der Waals surface area contributed by atoms with Crippen molar-refractivity contribution in [1.82, 2.24) is 10.3 Å². The molecule has 3 unspecified atom stereocenters. The SMILES string of the molecule is CCOc1ccc(-c2ccc(C3(C(F)(F)F)CC(c4ccc(C)cc4)C(C#N)C(=O)N3)cc2)cn1. The van der Waals surface area contributed by atoms with E-state index in [1.807, 2.05) is 19.9 Å². The highest BCUT2D eigenvalue weighted by Crippen LogP contribution is 2.50. The van der Waals surface area contributed by atoms with Gasteiger partial charge in [-0.25, -0.2) is 4.98 Å². The second-order valence-corrected chi connectivity index (χ2v) is 8.62. The third-order valence-corrected chi connectivity index (χ3v) is 6.42. The predicted octanol–water partition coefficient (Wildman–Crippen LogP) is 5.66. The van der Waals surface area contributed by atoms with Crippen molar-refractivity contribution in [2.75, 3.05) is 6.61 Å². The number of alkyl halides is 3. The van der Waals surface area contributed by atoms with Gasteiger partial charge in [0, 0.05) is 23.7 Å². The zero-order chi connectivity index (χ0) is 25.2. The molecule has 1 N–H and O–H groups in total. The van der Waals surface area contributed by atoms with Crippen LogP contribution in [-0.4, -0.2) is 23.7 Å². The maximum atomic E-state index is 14.7. The number of hydrogen-bond acceptors (Lipinski definition) is 4. The van der Waals surface area contributed by atoms with Crippen molar-refractivity contribution in [3.05, 3.63) is 83.6 Å². The molecule has 2 aromatic carbocycles. The number of nitrogens with zero attached hydrogens (tertiary/aromatic N) is 2. The number of rotatable bonds is 5. The molecule has 8 heteroatoms.